The molecule has 0 fully saturated rings. The van der Waals surface area contributed by atoms with Crippen molar-refractivity contribution in [3.8, 4) is 0 Å². The van der Waals surface area contributed by atoms with Gasteiger partial charge in [0.05, 0.1) is 5.75 Å². The molecule has 1 aromatic heterocycles. The number of carbonyl (C=O) groups is 1. The Kier molecular flexibility index (Phi) is 5.05. The molecule has 0 spiro atoms. The Labute approximate surface area is 122 Å². The number of carbonyl (C=O) groups excluding carboxylic acids is 1. The molecule has 0 N–H and O–H groups in total. The summed E-state index contributed by atoms with van der Waals surface area (Å²) in [5.41, 5.74) is 0.677. The first-order valence-electron chi connectivity index (χ1n) is 6.14. The van der Waals surface area contributed by atoms with Crippen LogP contribution in [0, 0.1) is 0 Å². The van der Waals surface area contributed by atoms with E-state index in [9.17, 15) is 4.79 Å². The summed E-state index contributed by atoms with van der Waals surface area (Å²) >= 11 is 7.41. The van der Waals surface area contributed by atoms with E-state index in [2.05, 4.69) is 12.0 Å². The van der Waals surface area contributed by atoms with E-state index in [1.807, 2.05) is 24.3 Å². The lowest BCUT2D eigenvalue weighted by Gasteiger charge is -2.05. The average molecular weight is 295 g/mol. The Morgan fingerprint density at radius 3 is 3.00 bits per heavy atom. The molecule has 0 aliphatic carbocycles. The van der Waals surface area contributed by atoms with Gasteiger partial charge in [0.2, 0.25) is 0 Å². The van der Waals surface area contributed by atoms with Crippen LogP contribution in [0.3, 0.4) is 0 Å². The number of aryl methyl sites for hydroxylation is 1. The fourth-order valence-electron chi connectivity index (χ4n) is 1.74. The minimum atomic E-state index is 0.0934. The lowest BCUT2D eigenvalue weighted by Crippen LogP contribution is -2.12. The maximum Gasteiger partial charge on any atom is 0.191 e. The average Bonchev–Trinajstić information content (AvgIpc) is 2.85. The van der Waals surface area contributed by atoms with Crippen LogP contribution in [0.15, 0.2) is 41.4 Å². The molecule has 0 aliphatic rings. The Balaban J connectivity index is 1.99. The molecule has 0 atom stereocenters. The van der Waals surface area contributed by atoms with Crippen LogP contribution in [-0.2, 0) is 6.54 Å². The number of halogens is 1. The van der Waals surface area contributed by atoms with Crippen LogP contribution in [-0.4, -0.2) is 21.3 Å². The number of nitrogens with zero attached hydrogens (tertiary/aromatic N) is 2. The van der Waals surface area contributed by atoms with Crippen molar-refractivity contribution < 1.29 is 4.79 Å². The van der Waals surface area contributed by atoms with Gasteiger partial charge in [-0.3, -0.25) is 9.48 Å². The summed E-state index contributed by atoms with van der Waals surface area (Å²) in [6.07, 6.45) is 2.64. The Morgan fingerprint density at radius 2 is 2.26 bits per heavy atom. The second-order valence-corrected chi connectivity index (χ2v) is 5.59. The lowest BCUT2D eigenvalue weighted by atomic mass is 10.3. The van der Waals surface area contributed by atoms with Crippen LogP contribution in [0.2, 0.25) is 5.02 Å². The molecule has 5 heteroatoms. The molecular weight excluding hydrogens is 280 g/mol. The molecule has 2 aromatic rings. The third-order valence-electron chi connectivity index (χ3n) is 2.60. The van der Waals surface area contributed by atoms with Crippen LogP contribution >= 0.6 is 23.4 Å². The van der Waals surface area contributed by atoms with Gasteiger partial charge in [-0.25, -0.2) is 0 Å². The molecule has 0 amide bonds. The molecule has 0 aliphatic heterocycles. The second-order valence-electron chi connectivity index (χ2n) is 4.11. The highest BCUT2D eigenvalue weighted by atomic mass is 35.5. The molecule has 100 valence electrons. The number of hydrogen-bond acceptors (Lipinski definition) is 3. The van der Waals surface area contributed by atoms with Crippen molar-refractivity contribution >= 4 is 29.1 Å². The molecule has 3 nitrogen and oxygen atoms in total. The number of aromatic nitrogens is 2. The largest absolute Gasteiger partial charge is 0.292 e. The first kappa shape index (κ1) is 14.2. The van der Waals surface area contributed by atoms with Crippen molar-refractivity contribution in [1.82, 2.24) is 9.78 Å². The number of rotatable bonds is 6. The lowest BCUT2D eigenvalue weighted by molar-refractivity contribution is 0.101. The molecule has 0 radical (unpaired) electrons. The fraction of sp³-hybridized carbons (Fsp3) is 0.286. The normalized spacial score (nSPS) is 10.6. The van der Waals surface area contributed by atoms with Crippen LogP contribution in [0.1, 0.15) is 23.8 Å². The van der Waals surface area contributed by atoms with Gasteiger partial charge in [-0.1, -0.05) is 24.6 Å². The maximum atomic E-state index is 12.1. The van der Waals surface area contributed by atoms with Crippen molar-refractivity contribution in [2.45, 2.75) is 24.8 Å². The molecule has 2 rings (SSSR count). The van der Waals surface area contributed by atoms with Gasteiger partial charge in [-0.05, 0) is 30.7 Å². The van der Waals surface area contributed by atoms with E-state index in [0.29, 0.717) is 16.5 Å². The zero-order valence-electron chi connectivity index (χ0n) is 10.7. The monoisotopic (exact) mass is 294 g/mol. The van der Waals surface area contributed by atoms with Crippen LogP contribution in [0.25, 0.3) is 0 Å². The minimum absolute atomic E-state index is 0.0934. The summed E-state index contributed by atoms with van der Waals surface area (Å²) < 4.78 is 1.76. The number of Topliss-reactive ketones (excluding diaryl/α,β-unsaturated/α-hetero) is 1. The van der Waals surface area contributed by atoms with Crippen molar-refractivity contribution in [2.75, 3.05) is 5.75 Å². The first-order chi connectivity index (χ1) is 9.20. The standard InChI is InChI=1S/C14H15ClN2OS/c1-2-8-17-13(6-7-16-17)14(18)10-19-12-5-3-4-11(15)9-12/h3-7,9H,2,8,10H2,1H3. The van der Waals surface area contributed by atoms with E-state index >= 15 is 0 Å². The summed E-state index contributed by atoms with van der Waals surface area (Å²) in [4.78, 5) is 13.1. The summed E-state index contributed by atoms with van der Waals surface area (Å²) in [5, 5.41) is 4.85. The van der Waals surface area contributed by atoms with E-state index in [-0.39, 0.29) is 5.78 Å². The van der Waals surface area contributed by atoms with Crippen LogP contribution in [0.5, 0.6) is 0 Å². The van der Waals surface area contributed by atoms with Gasteiger partial charge in [-0.2, -0.15) is 5.10 Å². The van der Waals surface area contributed by atoms with Crippen molar-refractivity contribution in [1.29, 1.82) is 0 Å². The highest BCUT2D eigenvalue weighted by Gasteiger charge is 2.12. The van der Waals surface area contributed by atoms with Crippen molar-refractivity contribution in [3.05, 3.63) is 47.2 Å². The van der Waals surface area contributed by atoms with Gasteiger partial charge < -0.3 is 0 Å². The second kappa shape index (κ2) is 6.78. The van der Waals surface area contributed by atoms with Gasteiger partial charge in [0.25, 0.3) is 0 Å². The summed E-state index contributed by atoms with van der Waals surface area (Å²) in [7, 11) is 0. The maximum absolute atomic E-state index is 12.1. The van der Waals surface area contributed by atoms with Gasteiger partial charge in [0.1, 0.15) is 5.69 Å². The molecular formula is C14H15ClN2OS. The van der Waals surface area contributed by atoms with E-state index in [1.165, 1.54) is 11.8 Å². The zero-order valence-corrected chi connectivity index (χ0v) is 12.2. The predicted octanol–water partition coefficient (Wildman–Crippen LogP) is 3.92. The summed E-state index contributed by atoms with van der Waals surface area (Å²) in [6.45, 7) is 2.84. The van der Waals surface area contributed by atoms with Crippen LogP contribution in [0.4, 0.5) is 0 Å². The number of ketones is 1. The van der Waals surface area contributed by atoms with E-state index < -0.39 is 0 Å². The molecule has 0 saturated heterocycles. The minimum Gasteiger partial charge on any atom is -0.292 e. The SMILES string of the molecule is CCCn1nccc1C(=O)CSc1cccc(Cl)c1. The van der Waals surface area contributed by atoms with E-state index in [1.54, 1.807) is 16.9 Å². The van der Waals surface area contributed by atoms with E-state index in [0.717, 1.165) is 17.9 Å². The molecule has 1 aromatic carbocycles. The molecule has 0 unspecified atom stereocenters. The highest BCUT2D eigenvalue weighted by Crippen LogP contribution is 2.22. The summed E-state index contributed by atoms with van der Waals surface area (Å²) in [6, 6.07) is 9.30. The van der Waals surface area contributed by atoms with E-state index in [4.69, 9.17) is 11.6 Å². The quantitative estimate of drug-likeness (QED) is 0.598. The zero-order chi connectivity index (χ0) is 13.7. The number of hydrogen-bond donors (Lipinski definition) is 0. The third kappa shape index (κ3) is 3.85. The topological polar surface area (TPSA) is 34.9 Å². The van der Waals surface area contributed by atoms with Crippen molar-refractivity contribution in [3.63, 3.8) is 0 Å². The third-order valence-corrected chi connectivity index (χ3v) is 3.83. The molecule has 19 heavy (non-hydrogen) atoms. The smallest absolute Gasteiger partial charge is 0.191 e. The number of thioether (sulfide) groups is 1. The highest BCUT2D eigenvalue weighted by molar-refractivity contribution is 8.00. The summed E-state index contributed by atoms with van der Waals surface area (Å²) in [5.74, 6) is 0.492. The Morgan fingerprint density at radius 1 is 1.42 bits per heavy atom. The molecule has 0 saturated carbocycles. The number of benzene rings is 1. The molecule has 0 bridgehead atoms. The van der Waals surface area contributed by atoms with Gasteiger partial charge in [0.15, 0.2) is 5.78 Å². The predicted molar refractivity (Wildman–Crippen MR) is 79.0 cm³/mol. The van der Waals surface area contributed by atoms with Gasteiger partial charge in [0, 0.05) is 22.7 Å². The van der Waals surface area contributed by atoms with Crippen LogP contribution < -0.4 is 0 Å². The van der Waals surface area contributed by atoms with Crippen molar-refractivity contribution in [2.24, 2.45) is 0 Å². The van der Waals surface area contributed by atoms with Gasteiger partial charge in [-0.15, -0.1) is 11.8 Å². The Hall–Kier alpha value is -1.26. The van der Waals surface area contributed by atoms with Gasteiger partial charge >= 0.3 is 0 Å². The first-order valence-corrected chi connectivity index (χ1v) is 7.50. The Bertz CT molecular complexity index is 568. The molecule has 1 heterocycles. The fourth-order valence-corrected chi connectivity index (χ4v) is 2.82.